The van der Waals surface area contributed by atoms with Gasteiger partial charge in [0, 0.05) is 19.5 Å². The number of halogens is 4. The smallest absolute Gasteiger partial charge is 0.354 e. The summed E-state index contributed by atoms with van der Waals surface area (Å²) in [5.41, 5.74) is 0.437. The molecule has 1 unspecified atom stereocenters. The predicted molar refractivity (Wildman–Crippen MR) is 176 cm³/mol. The molecule has 12 heteroatoms. The van der Waals surface area contributed by atoms with Gasteiger partial charge in [0.15, 0.2) is 0 Å². The molecule has 0 aromatic heterocycles. The number of unbranched alkanes of at least 4 members (excludes halogenated alkanes) is 1. The van der Waals surface area contributed by atoms with Crippen molar-refractivity contribution in [2.75, 3.05) is 17.4 Å². The molecule has 0 heterocycles. The fourth-order valence-electron chi connectivity index (χ4n) is 5.05. The number of nitrogens with zero attached hydrogens (tertiary/aromatic N) is 2. The zero-order chi connectivity index (χ0) is 34.9. The molecule has 48 heavy (non-hydrogen) atoms. The standard InChI is InChI=1S/C36H37F4N3O4S/c1-3-4-21-41-35(45)33(22-27-9-6-5-7-10-27)42(24-28-15-17-30(37)18-16-28)34(44)25-43(31-12-8-11-29(23-31)36(38,39)40)48(46,47)32-19-13-26(2)14-20-32/h5-20,23,33H,3-4,21-22,24-25H2,1-2H3,(H,41,45). The van der Waals surface area contributed by atoms with E-state index in [0.717, 1.165) is 24.1 Å². The number of benzene rings is 4. The van der Waals surface area contributed by atoms with Gasteiger partial charge in [-0.05, 0) is 66.9 Å². The van der Waals surface area contributed by atoms with Gasteiger partial charge < -0.3 is 10.2 Å². The van der Waals surface area contributed by atoms with E-state index in [0.29, 0.717) is 34.5 Å². The number of amides is 2. The predicted octanol–water partition coefficient (Wildman–Crippen LogP) is 6.90. The number of carbonyl (C=O) groups excluding carboxylic acids is 2. The van der Waals surface area contributed by atoms with Gasteiger partial charge in [-0.1, -0.05) is 79.6 Å². The lowest BCUT2D eigenvalue weighted by Gasteiger charge is -2.34. The first-order chi connectivity index (χ1) is 22.8. The summed E-state index contributed by atoms with van der Waals surface area (Å²) < 4.78 is 83.9. The van der Waals surface area contributed by atoms with Crippen molar-refractivity contribution < 1.29 is 35.6 Å². The topological polar surface area (TPSA) is 86.8 Å². The SMILES string of the molecule is CCCCNC(=O)C(Cc1ccccc1)N(Cc1ccc(F)cc1)C(=O)CN(c1cccc(C(F)(F)F)c1)S(=O)(=O)c1ccc(C)cc1. The van der Waals surface area contributed by atoms with Gasteiger partial charge in [0.1, 0.15) is 18.4 Å². The second-order valence-electron chi connectivity index (χ2n) is 11.4. The van der Waals surface area contributed by atoms with E-state index in [9.17, 15) is 35.6 Å². The fourth-order valence-corrected chi connectivity index (χ4v) is 6.46. The van der Waals surface area contributed by atoms with Crippen molar-refractivity contribution in [3.05, 3.63) is 131 Å². The molecule has 0 radical (unpaired) electrons. The van der Waals surface area contributed by atoms with Crippen LogP contribution in [-0.4, -0.2) is 44.3 Å². The monoisotopic (exact) mass is 683 g/mol. The molecule has 0 aliphatic carbocycles. The van der Waals surface area contributed by atoms with E-state index in [1.807, 2.05) is 6.92 Å². The third kappa shape index (κ3) is 9.43. The lowest BCUT2D eigenvalue weighted by Crippen LogP contribution is -2.53. The minimum absolute atomic E-state index is 0.0556. The molecule has 4 rings (SSSR count). The average Bonchev–Trinajstić information content (AvgIpc) is 3.06. The highest BCUT2D eigenvalue weighted by molar-refractivity contribution is 7.92. The lowest BCUT2D eigenvalue weighted by atomic mass is 10.0. The van der Waals surface area contributed by atoms with Crippen LogP contribution < -0.4 is 9.62 Å². The Morgan fingerprint density at radius 3 is 2.15 bits per heavy atom. The molecule has 1 atom stereocenters. The number of nitrogens with one attached hydrogen (secondary N) is 1. The Labute approximate surface area is 278 Å². The maximum atomic E-state index is 14.4. The molecular formula is C36H37F4N3O4S. The van der Waals surface area contributed by atoms with Crippen LogP contribution in [0.25, 0.3) is 0 Å². The molecule has 1 N–H and O–H groups in total. The second-order valence-corrected chi connectivity index (χ2v) is 13.2. The number of anilines is 1. The van der Waals surface area contributed by atoms with Crippen LogP contribution in [0.1, 0.15) is 42.0 Å². The van der Waals surface area contributed by atoms with Crippen molar-refractivity contribution in [1.29, 1.82) is 0 Å². The molecule has 0 aliphatic heterocycles. The van der Waals surface area contributed by atoms with E-state index in [2.05, 4.69) is 5.32 Å². The molecule has 2 amide bonds. The van der Waals surface area contributed by atoms with Crippen molar-refractivity contribution in [1.82, 2.24) is 10.2 Å². The second kappa shape index (κ2) is 15.9. The van der Waals surface area contributed by atoms with E-state index >= 15 is 0 Å². The highest BCUT2D eigenvalue weighted by atomic mass is 32.2. The van der Waals surface area contributed by atoms with Crippen LogP contribution in [0.4, 0.5) is 23.2 Å². The van der Waals surface area contributed by atoms with Gasteiger partial charge in [0.05, 0.1) is 16.1 Å². The Bertz CT molecular complexity index is 1780. The van der Waals surface area contributed by atoms with Gasteiger partial charge >= 0.3 is 6.18 Å². The molecule has 0 saturated heterocycles. The molecule has 0 bridgehead atoms. The zero-order valence-corrected chi connectivity index (χ0v) is 27.4. The summed E-state index contributed by atoms with van der Waals surface area (Å²) in [6.45, 7) is 2.90. The van der Waals surface area contributed by atoms with Crippen LogP contribution in [0.3, 0.4) is 0 Å². The number of sulfonamides is 1. The molecule has 4 aromatic carbocycles. The summed E-state index contributed by atoms with van der Waals surface area (Å²) in [4.78, 5) is 29.1. The molecule has 7 nitrogen and oxygen atoms in total. The minimum Gasteiger partial charge on any atom is -0.354 e. The first kappa shape index (κ1) is 36.1. The normalized spacial score (nSPS) is 12.3. The van der Waals surface area contributed by atoms with E-state index in [1.165, 1.54) is 59.5 Å². The number of hydrogen-bond donors (Lipinski definition) is 1. The third-order valence-corrected chi connectivity index (χ3v) is 9.50. The highest BCUT2D eigenvalue weighted by Crippen LogP contribution is 2.33. The van der Waals surface area contributed by atoms with Gasteiger partial charge in [-0.25, -0.2) is 12.8 Å². The Morgan fingerprint density at radius 2 is 1.52 bits per heavy atom. The summed E-state index contributed by atoms with van der Waals surface area (Å²) in [5.74, 6) is -1.86. The van der Waals surface area contributed by atoms with Gasteiger partial charge in [0.2, 0.25) is 11.8 Å². The Kier molecular flexibility index (Phi) is 12.0. The zero-order valence-electron chi connectivity index (χ0n) is 26.6. The number of alkyl halides is 3. The molecular weight excluding hydrogens is 646 g/mol. The number of carbonyl (C=O) groups is 2. The van der Waals surface area contributed by atoms with Crippen LogP contribution in [-0.2, 0) is 38.8 Å². The molecule has 4 aromatic rings. The fraction of sp³-hybridized carbons (Fsp3) is 0.278. The Hall–Kier alpha value is -4.71. The largest absolute Gasteiger partial charge is 0.416 e. The third-order valence-electron chi connectivity index (χ3n) is 7.72. The van der Waals surface area contributed by atoms with E-state index in [-0.39, 0.29) is 23.5 Å². The molecule has 0 fully saturated rings. The number of aryl methyl sites for hydroxylation is 1. The van der Waals surface area contributed by atoms with Crippen molar-refractivity contribution in [2.24, 2.45) is 0 Å². The van der Waals surface area contributed by atoms with Crippen LogP contribution in [0.15, 0.2) is 108 Å². The molecule has 0 spiro atoms. The molecule has 0 saturated carbocycles. The van der Waals surface area contributed by atoms with E-state index in [1.54, 1.807) is 37.3 Å². The first-order valence-corrected chi connectivity index (χ1v) is 16.9. The maximum absolute atomic E-state index is 14.4. The van der Waals surface area contributed by atoms with E-state index < -0.39 is 52.0 Å². The maximum Gasteiger partial charge on any atom is 0.416 e. The van der Waals surface area contributed by atoms with Crippen molar-refractivity contribution in [3.8, 4) is 0 Å². The summed E-state index contributed by atoms with van der Waals surface area (Å²) in [6.07, 6.45) is -3.26. The summed E-state index contributed by atoms with van der Waals surface area (Å²) >= 11 is 0. The minimum atomic E-state index is -4.79. The number of rotatable bonds is 14. The van der Waals surface area contributed by atoms with Crippen LogP contribution >= 0.6 is 0 Å². The first-order valence-electron chi connectivity index (χ1n) is 15.4. The number of hydrogen-bond acceptors (Lipinski definition) is 4. The van der Waals surface area contributed by atoms with Crippen LogP contribution in [0.2, 0.25) is 0 Å². The van der Waals surface area contributed by atoms with Crippen molar-refractivity contribution in [2.45, 2.75) is 56.8 Å². The summed E-state index contributed by atoms with van der Waals surface area (Å²) in [7, 11) is -4.59. The average molecular weight is 684 g/mol. The van der Waals surface area contributed by atoms with Gasteiger partial charge in [0.25, 0.3) is 10.0 Å². The Morgan fingerprint density at radius 1 is 0.854 bits per heavy atom. The van der Waals surface area contributed by atoms with Crippen LogP contribution in [0.5, 0.6) is 0 Å². The quantitative estimate of drug-likeness (QED) is 0.116. The molecule has 254 valence electrons. The summed E-state index contributed by atoms with van der Waals surface area (Å²) in [5, 5.41) is 2.85. The summed E-state index contributed by atoms with van der Waals surface area (Å²) in [6, 6.07) is 22.5. The lowest BCUT2D eigenvalue weighted by molar-refractivity contribution is -0.140. The van der Waals surface area contributed by atoms with Crippen molar-refractivity contribution >= 4 is 27.5 Å². The highest BCUT2D eigenvalue weighted by Gasteiger charge is 2.36. The Balaban J connectivity index is 1.83. The van der Waals surface area contributed by atoms with Gasteiger partial charge in [-0.15, -0.1) is 0 Å². The van der Waals surface area contributed by atoms with Gasteiger partial charge in [-0.3, -0.25) is 13.9 Å². The van der Waals surface area contributed by atoms with Crippen molar-refractivity contribution in [3.63, 3.8) is 0 Å². The molecule has 0 aliphatic rings. The van der Waals surface area contributed by atoms with Gasteiger partial charge in [-0.2, -0.15) is 13.2 Å². The van der Waals surface area contributed by atoms with E-state index in [4.69, 9.17) is 0 Å². The van der Waals surface area contributed by atoms with Crippen LogP contribution in [0, 0.1) is 12.7 Å².